The standard InChI is InChI=1S/C20H16ClN5O2/c1-11-16(8-7-15(10-23)17(11)21)24-18(12(2)27)20-26-25-19(28-20)14-5-3-13(9-22)4-6-14/h3-8,12,18,24,27H,1-2H3/t12-,18?/m0/s1. The molecule has 1 aromatic heterocycles. The molecule has 0 aliphatic carbocycles. The highest BCUT2D eigenvalue weighted by Crippen LogP contribution is 2.31. The first kappa shape index (κ1) is 19.4. The van der Waals surface area contributed by atoms with Gasteiger partial charge in [-0.15, -0.1) is 10.2 Å². The van der Waals surface area contributed by atoms with Crippen LogP contribution in [0.5, 0.6) is 0 Å². The van der Waals surface area contributed by atoms with E-state index in [2.05, 4.69) is 15.5 Å². The van der Waals surface area contributed by atoms with Crippen molar-refractivity contribution in [1.29, 1.82) is 10.5 Å². The minimum atomic E-state index is -0.844. The highest BCUT2D eigenvalue weighted by Gasteiger charge is 2.25. The zero-order valence-electron chi connectivity index (χ0n) is 15.1. The van der Waals surface area contributed by atoms with Crippen LogP contribution in [0.4, 0.5) is 5.69 Å². The number of anilines is 1. The van der Waals surface area contributed by atoms with Crippen LogP contribution in [-0.4, -0.2) is 21.4 Å². The summed E-state index contributed by atoms with van der Waals surface area (Å²) in [5.41, 5.74) is 2.89. The molecule has 0 aliphatic rings. The van der Waals surface area contributed by atoms with Gasteiger partial charge in [0.25, 0.3) is 0 Å². The third-order valence-electron chi connectivity index (χ3n) is 4.27. The summed E-state index contributed by atoms with van der Waals surface area (Å²) in [5, 5.41) is 39.8. The summed E-state index contributed by atoms with van der Waals surface area (Å²) in [6.07, 6.45) is -0.844. The van der Waals surface area contributed by atoms with Crippen molar-refractivity contribution in [1.82, 2.24) is 10.2 Å². The van der Waals surface area contributed by atoms with Crippen molar-refractivity contribution >= 4 is 17.3 Å². The number of aromatic nitrogens is 2. The van der Waals surface area contributed by atoms with Crippen LogP contribution in [0.15, 0.2) is 40.8 Å². The zero-order valence-corrected chi connectivity index (χ0v) is 15.9. The smallest absolute Gasteiger partial charge is 0.247 e. The van der Waals surface area contributed by atoms with Crippen molar-refractivity contribution in [3.05, 3.63) is 64.0 Å². The van der Waals surface area contributed by atoms with Crippen LogP contribution in [0.3, 0.4) is 0 Å². The van der Waals surface area contributed by atoms with Gasteiger partial charge in [-0.1, -0.05) is 11.6 Å². The summed E-state index contributed by atoms with van der Waals surface area (Å²) in [7, 11) is 0. The van der Waals surface area contributed by atoms with Gasteiger partial charge in [0, 0.05) is 11.3 Å². The topological polar surface area (TPSA) is 119 Å². The van der Waals surface area contributed by atoms with Gasteiger partial charge >= 0.3 is 0 Å². The predicted octanol–water partition coefficient (Wildman–Crippen LogP) is 3.98. The average Bonchev–Trinajstić information content (AvgIpc) is 3.18. The van der Waals surface area contributed by atoms with E-state index < -0.39 is 12.1 Å². The van der Waals surface area contributed by atoms with Crippen LogP contribution < -0.4 is 5.32 Å². The minimum absolute atomic E-state index is 0.203. The number of aliphatic hydroxyl groups is 1. The highest BCUT2D eigenvalue weighted by molar-refractivity contribution is 6.32. The molecule has 7 nitrogen and oxygen atoms in total. The molecule has 0 saturated heterocycles. The summed E-state index contributed by atoms with van der Waals surface area (Å²) in [5.74, 6) is 0.482. The van der Waals surface area contributed by atoms with E-state index >= 15 is 0 Å². The largest absolute Gasteiger partial charge is 0.418 e. The second-order valence-electron chi connectivity index (χ2n) is 6.21. The molecule has 0 saturated carbocycles. The van der Waals surface area contributed by atoms with Gasteiger partial charge in [0.1, 0.15) is 12.1 Å². The first-order valence-corrected chi connectivity index (χ1v) is 8.80. The molecule has 3 rings (SSSR count). The van der Waals surface area contributed by atoms with Crippen LogP contribution in [0, 0.1) is 29.6 Å². The second-order valence-corrected chi connectivity index (χ2v) is 6.59. The normalized spacial score (nSPS) is 12.6. The van der Waals surface area contributed by atoms with E-state index in [1.165, 1.54) is 0 Å². The lowest BCUT2D eigenvalue weighted by Crippen LogP contribution is -2.23. The molecule has 2 atom stereocenters. The molecule has 0 spiro atoms. The van der Waals surface area contributed by atoms with Gasteiger partial charge in [-0.2, -0.15) is 10.5 Å². The summed E-state index contributed by atoms with van der Waals surface area (Å²) < 4.78 is 5.74. The molecule has 2 N–H and O–H groups in total. The third-order valence-corrected chi connectivity index (χ3v) is 4.75. The Morgan fingerprint density at radius 3 is 2.43 bits per heavy atom. The van der Waals surface area contributed by atoms with Gasteiger partial charge < -0.3 is 14.8 Å². The number of rotatable bonds is 5. The first-order valence-electron chi connectivity index (χ1n) is 8.42. The lowest BCUT2D eigenvalue weighted by molar-refractivity contribution is 0.159. The average molecular weight is 394 g/mol. The quantitative estimate of drug-likeness (QED) is 0.672. The Morgan fingerprint density at radius 1 is 1.11 bits per heavy atom. The maximum Gasteiger partial charge on any atom is 0.247 e. The summed E-state index contributed by atoms with van der Waals surface area (Å²) in [6.45, 7) is 3.38. The molecule has 8 heteroatoms. The van der Waals surface area contributed by atoms with E-state index in [4.69, 9.17) is 26.5 Å². The Bertz CT molecular complexity index is 1080. The number of nitriles is 2. The van der Waals surface area contributed by atoms with E-state index in [1.807, 2.05) is 12.1 Å². The van der Waals surface area contributed by atoms with Crippen molar-refractivity contribution in [2.75, 3.05) is 5.32 Å². The molecule has 0 bridgehead atoms. The molecule has 0 radical (unpaired) electrons. The Labute approximate surface area is 166 Å². The Morgan fingerprint density at radius 2 is 1.82 bits per heavy atom. The summed E-state index contributed by atoms with van der Waals surface area (Å²) >= 11 is 6.22. The second kappa shape index (κ2) is 8.10. The lowest BCUT2D eigenvalue weighted by atomic mass is 10.1. The predicted molar refractivity (Wildman–Crippen MR) is 103 cm³/mol. The number of halogens is 1. The Balaban J connectivity index is 1.90. The fraction of sp³-hybridized carbons (Fsp3) is 0.200. The molecular weight excluding hydrogens is 378 g/mol. The number of nitrogens with zero attached hydrogens (tertiary/aromatic N) is 4. The van der Waals surface area contributed by atoms with E-state index in [-0.39, 0.29) is 11.8 Å². The molecule has 2 aromatic carbocycles. The highest BCUT2D eigenvalue weighted by atomic mass is 35.5. The Hall–Kier alpha value is -3.39. The molecule has 140 valence electrons. The molecule has 0 amide bonds. The van der Waals surface area contributed by atoms with Crippen molar-refractivity contribution < 1.29 is 9.52 Å². The summed E-state index contributed by atoms with van der Waals surface area (Å²) in [6, 6.07) is 13.5. The number of benzene rings is 2. The van der Waals surface area contributed by atoms with Crippen molar-refractivity contribution in [3.8, 4) is 23.6 Å². The maximum atomic E-state index is 10.2. The Kier molecular flexibility index (Phi) is 5.60. The van der Waals surface area contributed by atoms with E-state index in [0.717, 1.165) is 0 Å². The minimum Gasteiger partial charge on any atom is -0.418 e. The SMILES string of the molecule is Cc1c(NC(c2nnc(-c3ccc(C#N)cc3)o2)[C@H](C)O)ccc(C#N)c1Cl. The molecule has 1 unspecified atom stereocenters. The van der Waals surface area contributed by atoms with Crippen molar-refractivity contribution in [2.45, 2.75) is 26.0 Å². The van der Waals surface area contributed by atoms with E-state index in [1.54, 1.807) is 50.2 Å². The van der Waals surface area contributed by atoms with E-state index in [9.17, 15) is 5.11 Å². The van der Waals surface area contributed by atoms with Gasteiger partial charge in [0.15, 0.2) is 0 Å². The number of aliphatic hydroxyl groups excluding tert-OH is 1. The van der Waals surface area contributed by atoms with Gasteiger partial charge in [0.05, 0.1) is 28.3 Å². The van der Waals surface area contributed by atoms with E-state index in [0.29, 0.717) is 33.0 Å². The molecule has 1 heterocycles. The van der Waals surface area contributed by atoms with Gasteiger partial charge in [0.2, 0.25) is 11.8 Å². The van der Waals surface area contributed by atoms with Gasteiger partial charge in [-0.05, 0) is 55.8 Å². The van der Waals surface area contributed by atoms with Crippen molar-refractivity contribution in [3.63, 3.8) is 0 Å². The molecular formula is C20H16ClN5O2. The van der Waals surface area contributed by atoms with Crippen LogP contribution in [0.2, 0.25) is 5.02 Å². The van der Waals surface area contributed by atoms with Crippen LogP contribution in [0.1, 0.15) is 35.5 Å². The first-order chi connectivity index (χ1) is 13.4. The molecule has 0 fully saturated rings. The fourth-order valence-corrected chi connectivity index (χ4v) is 2.86. The number of nitrogens with one attached hydrogen (secondary N) is 1. The van der Waals surface area contributed by atoms with Crippen molar-refractivity contribution in [2.24, 2.45) is 0 Å². The third kappa shape index (κ3) is 3.81. The maximum absolute atomic E-state index is 10.2. The van der Waals surface area contributed by atoms with Crippen LogP contribution in [0.25, 0.3) is 11.5 Å². The summed E-state index contributed by atoms with van der Waals surface area (Å²) in [4.78, 5) is 0. The fourth-order valence-electron chi connectivity index (χ4n) is 2.65. The zero-order chi connectivity index (χ0) is 20.3. The lowest BCUT2D eigenvalue weighted by Gasteiger charge is -2.21. The number of hydrogen-bond donors (Lipinski definition) is 2. The van der Waals surface area contributed by atoms with Crippen LogP contribution >= 0.6 is 11.6 Å². The molecule has 3 aromatic rings. The molecule has 28 heavy (non-hydrogen) atoms. The van der Waals surface area contributed by atoms with Crippen LogP contribution in [-0.2, 0) is 0 Å². The molecule has 0 aliphatic heterocycles. The number of hydrogen-bond acceptors (Lipinski definition) is 7. The van der Waals surface area contributed by atoms with Gasteiger partial charge in [-0.25, -0.2) is 0 Å². The van der Waals surface area contributed by atoms with Gasteiger partial charge in [-0.3, -0.25) is 0 Å². The monoisotopic (exact) mass is 393 g/mol.